The minimum atomic E-state index is -1.34. The van der Waals surface area contributed by atoms with Crippen LogP contribution in [-0.4, -0.2) is 73.4 Å². The molecule has 2 aliphatic rings. The summed E-state index contributed by atoms with van der Waals surface area (Å²) >= 11 is 0. The molecule has 2 heterocycles. The molecule has 1 saturated heterocycles. The number of urea groups is 1. The molecule has 2 aliphatic heterocycles. The Morgan fingerprint density at radius 3 is 2.63 bits per heavy atom. The number of likely N-dealkylation sites (N-methyl/N-ethyl adjacent to an activating group) is 1. The van der Waals surface area contributed by atoms with E-state index in [4.69, 9.17) is 9.47 Å². The highest BCUT2D eigenvalue weighted by Gasteiger charge is 2.50. The van der Waals surface area contributed by atoms with E-state index in [1.165, 1.54) is 11.9 Å². The standard InChI is InChI=1S/C20H26N4O6/c1-4-7-21-16(25)11-23(3)17(26)12-24-18(27)20(2,22-19(24)28)13-5-6-14-15(10-13)30-9-8-29-14/h5-6,10H,4,7-9,11-12H2,1-3H3,(H,21,25)(H,22,28)/t20-/m1/s1. The van der Waals surface area contributed by atoms with Crippen LogP contribution in [0, 0.1) is 0 Å². The molecular formula is C20H26N4O6. The summed E-state index contributed by atoms with van der Waals surface area (Å²) in [6.07, 6.45) is 0.782. The minimum absolute atomic E-state index is 0.151. The normalized spacial score (nSPS) is 20.0. The number of fused-ring (bicyclic) bond motifs is 1. The number of carbonyl (C=O) groups is 4. The molecule has 162 valence electrons. The summed E-state index contributed by atoms with van der Waals surface area (Å²) in [4.78, 5) is 51.8. The van der Waals surface area contributed by atoms with Crippen molar-refractivity contribution < 1.29 is 28.7 Å². The molecule has 1 atom stereocenters. The van der Waals surface area contributed by atoms with Crippen LogP contribution in [-0.2, 0) is 19.9 Å². The summed E-state index contributed by atoms with van der Waals surface area (Å²) in [6.45, 7) is 4.24. The molecular weight excluding hydrogens is 392 g/mol. The number of ether oxygens (including phenoxy) is 2. The van der Waals surface area contributed by atoms with Gasteiger partial charge >= 0.3 is 6.03 Å². The van der Waals surface area contributed by atoms with Crippen LogP contribution in [0.1, 0.15) is 25.8 Å². The quantitative estimate of drug-likeness (QED) is 0.612. The fourth-order valence-electron chi connectivity index (χ4n) is 3.27. The first-order chi connectivity index (χ1) is 14.3. The smallest absolute Gasteiger partial charge is 0.325 e. The number of rotatable bonds is 7. The SMILES string of the molecule is CCCNC(=O)CN(C)C(=O)CN1C(=O)N[C@](C)(c2ccc3c(c2)OCCO3)C1=O. The number of imide groups is 1. The summed E-state index contributed by atoms with van der Waals surface area (Å²) in [5, 5.41) is 5.33. The fourth-order valence-corrected chi connectivity index (χ4v) is 3.27. The Morgan fingerprint density at radius 1 is 1.23 bits per heavy atom. The van der Waals surface area contributed by atoms with E-state index in [0.29, 0.717) is 36.8 Å². The molecule has 3 rings (SSSR count). The van der Waals surface area contributed by atoms with E-state index >= 15 is 0 Å². The molecule has 1 fully saturated rings. The monoisotopic (exact) mass is 418 g/mol. The van der Waals surface area contributed by atoms with E-state index in [-0.39, 0.29) is 12.5 Å². The maximum Gasteiger partial charge on any atom is 0.325 e. The molecule has 1 aromatic carbocycles. The molecule has 0 aliphatic carbocycles. The van der Waals surface area contributed by atoms with Crippen LogP contribution < -0.4 is 20.1 Å². The van der Waals surface area contributed by atoms with Crippen LogP contribution >= 0.6 is 0 Å². The zero-order valence-corrected chi connectivity index (χ0v) is 17.3. The van der Waals surface area contributed by atoms with Crippen molar-refractivity contribution in [2.24, 2.45) is 0 Å². The van der Waals surface area contributed by atoms with Crippen LogP contribution in [0.25, 0.3) is 0 Å². The number of carbonyl (C=O) groups excluding carboxylic acids is 4. The van der Waals surface area contributed by atoms with Crippen molar-refractivity contribution in [3.63, 3.8) is 0 Å². The molecule has 0 spiro atoms. The second kappa shape index (κ2) is 8.60. The van der Waals surface area contributed by atoms with Gasteiger partial charge in [-0.3, -0.25) is 19.3 Å². The van der Waals surface area contributed by atoms with Gasteiger partial charge in [-0.25, -0.2) is 4.79 Å². The molecule has 0 bridgehead atoms. The highest BCUT2D eigenvalue weighted by atomic mass is 16.6. The predicted molar refractivity (Wildman–Crippen MR) is 106 cm³/mol. The molecule has 0 unspecified atom stereocenters. The molecule has 0 saturated carbocycles. The Balaban J connectivity index is 1.69. The van der Waals surface area contributed by atoms with E-state index in [0.717, 1.165) is 11.3 Å². The van der Waals surface area contributed by atoms with E-state index in [1.807, 2.05) is 6.92 Å². The lowest BCUT2D eigenvalue weighted by molar-refractivity contribution is -0.139. The van der Waals surface area contributed by atoms with E-state index < -0.39 is 29.9 Å². The molecule has 0 radical (unpaired) electrons. The Morgan fingerprint density at radius 2 is 1.93 bits per heavy atom. The lowest BCUT2D eigenvalue weighted by atomic mass is 9.91. The van der Waals surface area contributed by atoms with Gasteiger partial charge < -0.3 is 25.0 Å². The Labute approximate surface area is 174 Å². The highest BCUT2D eigenvalue weighted by molar-refractivity contribution is 6.09. The van der Waals surface area contributed by atoms with Crippen molar-refractivity contribution in [2.75, 3.05) is 39.9 Å². The van der Waals surface area contributed by atoms with Crippen molar-refractivity contribution in [3.8, 4) is 11.5 Å². The Bertz CT molecular complexity index is 873. The van der Waals surface area contributed by atoms with Crippen LogP contribution in [0.3, 0.4) is 0 Å². The van der Waals surface area contributed by atoms with Crippen molar-refractivity contribution in [3.05, 3.63) is 23.8 Å². The summed E-state index contributed by atoms with van der Waals surface area (Å²) in [6, 6.07) is 4.35. The topological polar surface area (TPSA) is 117 Å². The van der Waals surface area contributed by atoms with Crippen LogP contribution in [0.2, 0.25) is 0 Å². The van der Waals surface area contributed by atoms with E-state index in [2.05, 4.69) is 10.6 Å². The number of nitrogens with one attached hydrogen (secondary N) is 2. The number of hydrogen-bond acceptors (Lipinski definition) is 6. The second-order valence-electron chi connectivity index (χ2n) is 7.40. The zero-order chi connectivity index (χ0) is 21.9. The Hall–Kier alpha value is -3.30. The lowest BCUT2D eigenvalue weighted by Gasteiger charge is -2.25. The summed E-state index contributed by atoms with van der Waals surface area (Å²) in [7, 11) is 1.45. The first-order valence-electron chi connectivity index (χ1n) is 9.81. The van der Waals surface area contributed by atoms with Crippen LogP contribution in [0.4, 0.5) is 4.79 Å². The molecule has 2 N–H and O–H groups in total. The molecule has 5 amide bonds. The third kappa shape index (κ3) is 4.17. The largest absolute Gasteiger partial charge is 0.486 e. The van der Waals surface area contributed by atoms with Gasteiger partial charge in [0.05, 0.1) is 6.54 Å². The summed E-state index contributed by atoms with van der Waals surface area (Å²) < 4.78 is 11.0. The lowest BCUT2D eigenvalue weighted by Crippen LogP contribution is -2.46. The van der Waals surface area contributed by atoms with Crippen molar-refractivity contribution in [1.82, 2.24) is 20.4 Å². The molecule has 10 nitrogen and oxygen atoms in total. The maximum atomic E-state index is 13.0. The highest BCUT2D eigenvalue weighted by Crippen LogP contribution is 2.36. The van der Waals surface area contributed by atoms with E-state index in [1.54, 1.807) is 25.1 Å². The van der Waals surface area contributed by atoms with Gasteiger partial charge in [0, 0.05) is 13.6 Å². The van der Waals surface area contributed by atoms with Gasteiger partial charge in [-0.1, -0.05) is 13.0 Å². The second-order valence-corrected chi connectivity index (χ2v) is 7.40. The van der Waals surface area contributed by atoms with Crippen LogP contribution in [0.5, 0.6) is 11.5 Å². The van der Waals surface area contributed by atoms with Gasteiger partial charge in [-0.2, -0.15) is 0 Å². The van der Waals surface area contributed by atoms with Crippen LogP contribution in [0.15, 0.2) is 18.2 Å². The number of amides is 5. The van der Waals surface area contributed by atoms with Crippen molar-refractivity contribution >= 4 is 23.8 Å². The summed E-state index contributed by atoms with van der Waals surface area (Å²) in [5.41, 5.74) is -0.822. The number of benzene rings is 1. The molecule has 10 heteroatoms. The zero-order valence-electron chi connectivity index (χ0n) is 17.3. The average Bonchev–Trinajstić information content (AvgIpc) is 2.95. The predicted octanol–water partition coefficient (Wildman–Crippen LogP) is 0.209. The first-order valence-corrected chi connectivity index (χ1v) is 9.81. The number of hydrogen-bond donors (Lipinski definition) is 2. The third-order valence-electron chi connectivity index (χ3n) is 5.07. The van der Waals surface area contributed by atoms with Gasteiger partial charge in [-0.05, 0) is 31.0 Å². The molecule has 30 heavy (non-hydrogen) atoms. The van der Waals surface area contributed by atoms with Gasteiger partial charge in [0.15, 0.2) is 11.5 Å². The van der Waals surface area contributed by atoms with Gasteiger partial charge in [0.1, 0.15) is 25.3 Å². The first kappa shape index (κ1) is 21.4. The van der Waals surface area contributed by atoms with Gasteiger partial charge in [-0.15, -0.1) is 0 Å². The maximum absolute atomic E-state index is 13.0. The average molecular weight is 418 g/mol. The van der Waals surface area contributed by atoms with Crippen molar-refractivity contribution in [2.45, 2.75) is 25.8 Å². The summed E-state index contributed by atoms with van der Waals surface area (Å²) in [5.74, 6) is -0.307. The number of nitrogens with zero attached hydrogens (tertiary/aromatic N) is 2. The molecule has 1 aromatic rings. The third-order valence-corrected chi connectivity index (χ3v) is 5.07. The minimum Gasteiger partial charge on any atom is -0.486 e. The molecule has 0 aromatic heterocycles. The van der Waals surface area contributed by atoms with Gasteiger partial charge in [0.25, 0.3) is 5.91 Å². The Kier molecular flexibility index (Phi) is 6.14. The van der Waals surface area contributed by atoms with Crippen molar-refractivity contribution in [1.29, 1.82) is 0 Å². The fraction of sp³-hybridized carbons (Fsp3) is 0.500. The van der Waals surface area contributed by atoms with E-state index in [9.17, 15) is 19.2 Å². The van der Waals surface area contributed by atoms with Gasteiger partial charge in [0.2, 0.25) is 11.8 Å².